The number of ether oxygens (including phenoxy) is 1. The molecule has 1 saturated heterocycles. The Hall–Kier alpha value is -0.770. The van der Waals surface area contributed by atoms with Crippen LogP contribution in [-0.2, 0) is 0 Å². The standard InChI is InChI=1S/C14H21ClN2O/c1-11-6-7-17(10-14(11)16)8-9-18-13-4-2-12(15)3-5-13/h2-5,11,14H,6-10,16H2,1H3. The molecular weight excluding hydrogens is 248 g/mol. The second-order valence-electron chi connectivity index (χ2n) is 5.03. The largest absolute Gasteiger partial charge is 0.492 e. The van der Waals surface area contributed by atoms with Gasteiger partial charge < -0.3 is 10.5 Å². The van der Waals surface area contributed by atoms with Crippen molar-refractivity contribution in [2.24, 2.45) is 11.7 Å². The van der Waals surface area contributed by atoms with E-state index in [0.717, 1.165) is 30.4 Å². The number of hydrogen-bond acceptors (Lipinski definition) is 3. The van der Waals surface area contributed by atoms with Crippen molar-refractivity contribution in [2.75, 3.05) is 26.2 Å². The topological polar surface area (TPSA) is 38.5 Å². The molecule has 2 rings (SSSR count). The van der Waals surface area contributed by atoms with Gasteiger partial charge in [-0.2, -0.15) is 0 Å². The van der Waals surface area contributed by atoms with Crippen molar-refractivity contribution in [3.05, 3.63) is 29.3 Å². The van der Waals surface area contributed by atoms with E-state index in [1.54, 1.807) is 0 Å². The molecule has 18 heavy (non-hydrogen) atoms. The van der Waals surface area contributed by atoms with E-state index in [0.29, 0.717) is 18.6 Å². The van der Waals surface area contributed by atoms with Crippen molar-refractivity contribution in [1.82, 2.24) is 4.90 Å². The summed E-state index contributed by atoms with van der Waals surface area (Å²) in [4.78, 5) is 2.38. The van der Waals surface area contributed by atoms with Gasteiger partial charge in [-0.15, -0.1) is 0 Å². The third-order valence-electron chi connectivity index (χ3n) is 3.59. The van der Waals surface area contributed by atoms with Crippen LogP contribution < -0.4 is 10.5 Å². The Balaban J connectivity index is 1.71. The fourth-order valence-electron chi connectivity index (χ4n) is 2.20. The summed E-state index contributed by atoms with van der Waals surface area (Å²) in [6, 6.07) is 7.78. The van der Waals surface area contributed by atoms with Crippen LogP contribution >= 0.6 is 11.6 Å². The summed E-state index contributed by atoms with van der Waals surface area (Å²) in [5.74, 6) is 1.51. The van der Waals surface area contributed by atoms with Crippen LogP contribution in [-0.4, -0.2) is 37.2 Å². The van der Waals surface area contributed by atoms with Crippen LogP contribution in [0.25, 0.3) is 0 Å². The normalized spacial score (nSPS) is 25.1. The molecule has 100 valence electrons. The van der Waals surface area contributed by atoms with Crippen molar-refractivity contribution < 1.29 is 4.74 Å². The molecule has 3 nitrogen and oxygen atoms in total. The van der Waals surface area contributed by atoms with Crippen LogP contribution in [0.1, 0.15) is 13.3 Å². The van der Waals surface area contributed by atoms with E-state index in [-0.39, 0.29) is 0 Å². The lowest BCUT2D eigenvalue weighted by atomic mass is 9.94. The van der Waals surface area contributed by atoms with Gasteiger partial charge >= 0.3 is 0 Å². The number of rotatable bonds is 4. The molecule has 1 fully saturated rings. The predicted octanol–water partition coefficient (Wildman–Crippen LogP) is 2.39. The first kappa shape index (κ1) is 13.7. The van der Waals surface area contributed by atoms with Crippen LogP contribution in [0.2, 0.25) is 5.02 Å². The van der Waals surface area contributed by atoms with Gasteiger partial charge in [0.15, 0.2) is 0 Å². The van der Waals surface area contributed by atoms with Crippen molar-refractivity contribution in [1.29, 1.82) is 0 Å². The van der Waals surface area contributed by atoms with Crippen molar-refractivity contribution in [3.63, 3.8) is 0 Å². The average molecular weight is 269 g/mol. The molecule has 1 heterocycles. The number of benzene rings is 1. The molecule has 0 bridgehead atoms. The summed E-state index contributed by atoms with van der Waals surface area (Å²) < 4.78 is 5.68. The molecule has 1 aromatic carbocycles. The Bertz CT molecular complexity index is 369. The first-order chi connectivity index (χ1) is 8.65. The summed E-state index contributed by atoms with van der Waals surface area (Å²) in [6.07, 6.45) is 1.18. The number of hydrogen-bond donors (Lipinski definition) is 1. The monoisotopic (exact) mass is 268 g/mol. The zero-order valence-corrected chi connectivity index (χ0v) is 11.6. The zero-order valence-electron chi connectivity index (χ0n) is 10.8. The molecule has 0 aliphatic carbocycles. The highest BCUT2D eigenvalue weighted by Gasteiger charge is 2.22. The molecule has 0 amide bonds. The molecule has 0 aromatic heterocycles. The predicted molar refractivity (Wildman–Crippen MR) is 75.1 cm³/mol. The Morgan fingerprint density at radius 1 is 1.39 bits per heavy atom. The Morgan fingerprint density at radius 3 is 2.78 bits per heavy atom. The second kappa shape index (κ2) is 6.41. The molecule has 1 aliphatic heterocycles. The highest BCUT2D eigenvalue weighted by molar-refractivity contribution is 6.30. The average Bonchev–Trinajstić information content (AvgIpc) is 2.36. The highest BCUT2D eigenvalue weighted by atomic mass is 35.5. The maximum atomic E-state index is 6.07. The van der Waals surface area contributed by atoms with Gasteiger partial charge in [-0.25, -0.2) is 0 Å². The van der Waals surface area contributed by atoms with Crippen molar-refractivity contribution in [3.8, 4) is 5.75 Å². The molecule has 2 unspecified atom stereocenters. The van der Waals surface area contributed by atoms with Crippen LogP contribution in [0.4, 0.5) is 0 Å². The Morgan fingerprint density at radius 2 is 2.11 bits per heavy atom. The fourth-order valence-corrected chi connectivity index (χ4v) is 2.32. The minimum absolute atomic E-state index is 0.300. The van der Waals surface area contributed by atoms with Crippen LogP contribution in [0.15, 0.2) is 24.3 Å². The van der Waals surface area contributed by atoms with Crippen molar-refractivity contribution in [2.45, 2.75) is 19.4 Å². The SMILES string of the molecule is CC1CCN(CCOc2ccc(Cl)cc2)CC1N. The third kappa shape index (κ3) is 3.87. The maximum Gasteiger partial charge on any atom is 0.119 e. The summed E-state index contributed by atoms with van der Waals surface area (Å²) in [7, 11) is 0. The summed E-state index contributed by atoms with van der Waals surface area (Å²) >= 11 is 5.82. The molecule has 0 saturated carbocycles. The molecule has 1 aliphatic rings. The van der Waals surface area contributed by atoms with Gasteiger partial charge in [0.1, 0.15) is 12.4 Å². The molecule has 4 heteroatoms. The van der Waals surface area contributed by atoms with Gasteiger partial charge in [0.25, 0.3) is 0 Å². The van der Waals surface area contributed by atoms with Gasteiger partial charge in [-0.1, -0.05) is 18.5 Å². The van der Waals surface area contributed by atoms with Gasteiger partial charge in [0.05, 0.1) is 0 Å². The van der Waals surface area contributed by atoms with Crippen LogP contribution in [0.3, 0.4) is 0 Å². The van der Waals surface area contributed by atoms with E-state index in [1.165, 1.54) is 6.42 Å². The smallest absolute Gasteiger partial charge is 0.119 e. The molecular formula is C14H21ClN2O. The Kier molecular flexibility index (Phi) is 4.87. The second-order valence-corrected chi connectivity index (χ2v) is 5.47. The van der Waals surface area contributed by atoms with Crippen molar-refractivity contribution >= 4 is 11.6 Å². The number of nitrogens with zero attached hydrogens (tertiary/aromatic N) is 1. The number of halogens is 1. The molecule has 2 atom stereocenters. The first-order valence-electron chi connectivity index (χ1n) is 6.51. The van der Waals surface area contributed by atoms with E-state index in [9.17, 15) is 0 Å². The summed E-state index contributed by atoms with van der Waals surface area (Å²) in [5, 5.41) is 0.735. The molecule has 1 aromatic rings. The number of nitrogens with two attached hydrogens (primary N) is 1. The third-order valence-corrected chi connectivity index (χ3v) is 3.84. The van der Waals surface area contributed by atoms with E-state index >= 15 is 0 Å². The van der Waals surface area contributed by atoms with Gasteiger partial charge in [0, 0.05) is 24.2 Å². The summed E-state index contributed by atoms with van der Waals surface area (Å²) in [5.41, 5.74) is 6.07. The minimum atomic E-state index is 0.300. The van der Waals surface area contributed by atoms with E-state index in [1.807, 2.05) is 24.3 Å². The maximum absolute atomic E-state index is 6.07. The van der Waals surface area contributed by atoms with E-state index in [2.05, 4.69) is 11.8 Å². The lowest BCUT2D eigenvalue weighted by Gasteiger charge is -2.34. The fraction of sp³-hybridized carbons (Fsp3) is 0.571. The van der Waals surface area contributed by atoms with Gasteiger partial charge in [0.2, 0.25) is 0 Å². The quantitative estimate of drug-likeness (QED) is 0.911. The van der Waals surface area contributed by atoms with Crippen LogP contribution in [0.5, 0.6) is 5.75 Å². The van der Waals surface area contributed by atoms with Gasteiger partial charge in [-0.05, 0) is 43.1 Å². The van der Waals surface area contributed by atoms with Gasteiger partial charge in [-0.3, -0.25) is 4.90 Å². The zero-order chi connectivity index (χ0) is 13.0. The van der Waals surface area contributed by atoms with Crippen LogP contribution in [0, 0.1) is 5.92 Å². The lowest BCUT2D eigenvalue weighted by Crippen LogP contribution is -2.48. The Labute approximate surface area is 114 Å². The molecule has 0 radical (unpaired) electrons. The highest BCUT2D eigenvalue weighted by Crippen LogP contribution is 2.17. The number of likely N-dealkylation sites (tertiary alicyclic amines) is 1. The molecule has 0 spiro atoms. The number of piperidine rings is 1. The first-order valence-corrected chi connectivity index (χ1v) is 6.89. The minimum Gasteiger partial charge on any atom is -0.492 e. The lowest BCUT2D eigenvalue weighted by molar-refractivity contribution is 0.143. The van der Waals surface area contributed by atoms with E-state index in [4.69, 9.17) is 22.1 Å². The molecule has 2 N–H and O–H groups in total. The van der Waals surface area contributed by atoms with E-state index < -0.39 is 0 Å². The summed E-state index contributed by atoms with van der Waals surface area (Å²) in [6.45, 7) is 5.96.